The van der Waals surface area contributed by atoms with Gasteiger partial charge in [-0.1, -0.05) is 30.3 Å². The fraction of sp³-hybridized carbons (Fsp3) is 0.400. The van der Waals surface area contributed by atoms with Gasteiger partial charge in [0.25, 0.3) is 0 Å². The van der Waals surface area contributed by atoms with Crippen molar-refractivity contribution in [3.05, 3.63) is 64.2 Å². The van der Waals surface area contributed by atoms with Gasteiger partial charge in [0.05, 0.1) is 56.9 Å². The number of quaternary nitrogens is 1. The summed E-state index contributed by atoms with van der Waals surface area (Å²) in [6.07, 6.45) is 1.15. The maximum atomic E-state index is 13.3. The minimum atomic E-state index is -0.814. The molecule has 0 fully saturated rings. The van der Waals surface area contributed by atoms with Crippen LogP contribution < -0.4 is 5.32 Å². The molecule has 0 saturated carbocycles. The third-order valence-corrected chi connectivity index (χ3v) is 6.96. The number of esters is 1. The largest absolute Gasteiger partial charge is 0.469 e. The minimum Gasteiger partial charge on any atom is -0.469 e. The Labute approximate surface area is 192 Å². The van der Waals surface area contributed by atoms with E-state index in [4.69, 9.17) is 9.72 Å². The molecule has 1 aliphatic carbocycles. The Morgan fingerprint density at radius 3 is 2.44 bits per heavy atom. The van der Waals surface area contributed by atoms with Gasteiger partial charge in [-0.25, -0.2) is 4.98 Å². The number of hydrogen-bond donors (Lipinski definition) is 1. The van der Waals surface area contributed by atoms with Crippen LogP contribution in [-0.4, -0.2) is 49.6 Å². The first-order valence-corrected chi connectivity index (χ1v) is 11.6. The molecule has 0 atom stereocenters. The molecule has 0 unspecified atom stereocenters. The summed E-state index contributed by atoms with van der Waals surface area (Å²) in [7, 11) is 7.86. The number of hydrogen-bond acceptors (Lipinski definition) is 5. The number of benzene rings is 2. The fourth-order valence-electron chi connectivity index (χ4n) is 4.49. The van der Waals surface area contributed by atoms with Gasteiger partial charge >= 0.3 is 5.97 Å². The lowest BCUT2D eigenvalue weighted by Gasteiger charge is -2.26. The van der Waals surface area contributed by atoms with Crippen molar-refractivity contribution < 1.29 is 18.8 Å². The number of ether oxygens (including phenoxy) is 1. The predicted molar refractivity (Wildman–Crippen MR) is 126 cm³/mol. The Morgan fingerprint density at radius 2 is 1.81 bits per heavy atom. The van der Waals surface area contributed by atoms with Gasteiger partial charge in [-0.2, -0.15) is 0 Å². The van der Waals surface area contributed by atoms with Gasteiger partial charge in [-0.15, -0.1) is 11.3 Å². The van der Waals surface area contributed by atoms with E-state index in [0.717, 1.165) is 37.4 Å². The van der Waals surface area contributed by atoms with Crippen molar-refractivity contribution in [2.45, 2.75) is 32.4 Å². The summed E-state index contributed by atoms with van der Waals surface area (Å²) in [5.41, 5.74) is 3.63. The summed E-state index contributed by atoms with van der Waals surface area (Å²) in [6.45, 7) is 1.28. The highest BCUT2D eigenvalue weighted by molar-refractivity contribution is 7.18. The standard InChI is InChI=1S/C25H29N3O3S/c1-28(2,3)16-17-9-10-21-20(11-17)27-22(32-21)15-26-24(30)25(14-23(29)31-4)12-18-7-5-6-8-19(18)13-25/h5-11H,12-16H2,1-4H3/p+1. The fourth-order valence-corrected chi connectivity index (χ4v) is 5.38. The molecule has 168 valence electrons. The van der Waals surface area contributed by atoms with E-state index in [1.807, 2.05) is 24.3 Å². The van der Waals surface area contributed by atoms with E-state index < -0.39 is 5.41 Å². The molecule has 4 rings (SSSR count). The molecule has 0 radical (unpaired) electrons. The zero-order chi connectivity index (χ0) is 22.9. The van der Waals surface area contributed by atoms with Gasteiger partial charge in [0, 0.05) is 5.56 Å². The molecule has 0 aliphatic heterocycles. The highest BCUT2D eigenvalue weighted by atomic mass is 32.1. The number of nitrogens with zero attached hydrogens (tertiary/aromatic N) is 2. The van der Waals surface area contributed by atoms with Crippen LogP contribution in [0.15, 0.2) is 42.5 Å². The Hall–Kier alpha value is -2.77. The molecule has 7 heteroatoms. The van der Waals surface area contributed by atoms with Crippen molar-refractivity contribution in [3.8, 4) is 0 Å². The van der Waals surface area contributed by atoms with Crippen LogP contribution in [0.4, 0.5) is 0 Å². The number of fused-ring (bicyclic) bond motifs is 2. The first kappa shape index (κ1) is 22.4. The number of carbonyl (C=O) groups is 2. The quantitative estimate of drug-likeness (QED) is 0.440. The summed E-state index contributed by atoms with van der Waals surface area (Å²) in [4.78, 5) is 30.2. The van der Waals surface area contributed by atoms with E-state index in [1.54, 1.807) is 11.3 Å². The molecule has 1 amide bonds. The number of thiazole rings is 1. The molecule has 1 N–H and O–H groups in total. The molecule has 3 aromatic rings. The molecule has 1 aromatic heterocycles. The van der Waals surface area contributed by atoms with E-state index in [9.17, 15) is 9.59 Å². The Balaban J connectivity index is 1.50. The number of methoxy groups -OCH3 is 1. The van der Waals surface area contributed by atoms with E-state index in [-0.39, 0.29) is 18.3 Å². The van der Waals surface area contributed by atoms with Crippen LogP contribution in [0.2, 0.25) is 0 Å². The summed E-state index contributed by atoms with van der Waals surface area (Å²) in [5.74, 6) is -0.484. The van der Waals surface area contributed by atoms with Gasteiger partial charge < -0.3 is 14.5 Å². The predicted octanol–water partition coefficient (Wildman–Crippen LogP) is 3.47. The summed E-state index contributed by atoms with van der Waals surface area (Å²) in [5, 5.41) is 3.92. The zero-order valence-corrected chi connectivity index (χ0v) is 19.9. The zero-order valence-electron chi connectivity index (χ0n) is 19.1. The van der Waals surface area contributed by atoms with Crippen molar-refractivity contribution in [1.29, 1.82) is 0 Å². The average Bonchev–Trinajstić information content (AvgIpc) is 3.31. The third-order valence-electron chi connectivity index (χ3n) is 5.92. The van der Waals surface area contributed by atoms with Crippen LogP contribution >= 0.6 is 11.3 Å². The second-order valence-electron chi connectivity index (χ2n) is 9.70. The number of carbonyl (C=O) groups excluding carboxylic acids is 2. The second-order valence-corrected chi connectivity index (χ2v) is 10.8. The van der Waals surface area contributed by atoms with Crippen LogP contribution in [0.5, 0.6) is 0 Å². The number of nitrogens with one attached hydrogen (secondary N) is 1. The molecule has 2 aromatic carbocycles. The van der Waals surface area contributed by atoms with Crippen LogP contribution in [0, 0.1) is 5.41 Å². The van der Waals surface area contributed by atoms with E-state index in [0.29, 0.717) is 19.4 Å². The van der Waals surface area contributed by atoms with Crippen molar-refractivity contribution in [3.63, 3.8) is 0 Å². The van der Waals surface area contributed by atoms with Crippen LogP contribution in [-0.2, 0) is 40.3 Å². The maximum absolute atomic E-state index is 13.3. The summed E-state index contributed by atoms with van der Waals surface area (Å²) >= 11 is 1.59. The number of amides is 1. The maximum Gasteiger partial charge on any atom is 0.306 e. The third kappa shape index (κ3) is 4.84. The summed E-state index contributed by atoms with van der Waals surface area (Å²) in [6, 6.07) is 14.4. The SMILES string of the molecule is COC(=O)CC1(C(=O)NCc2nc3cc(C[N+](C)(C)C)ccc3s2)Cc2ccccc2C1. The molecular weight excluding hydrogens is 422 g/mol. The smallest absolute Gasteiger partial charge is 0.306 e. The molecule has 1 heterocycles. The van der Waals surface area contributed by atoms with Crippen LogP contribution in [0.25, 0.3) is 10.2 Å². The Bertz CT molecular complexity index is 1140. The monoisotopic (exact) mass is 452 g/mol. The molecule has 0 spiro atoms. The first-order chi connectivity index (χ1) is 15.2. The van der Waals surface area contributed by atoms with Gasteiger partial charge in [-0.3, -0.25) is 9.59 Å². The van der Waals surface area contributed by atoms with E-state index in [1.165, 1.54) is 12.7 Å². The molecule has 6 nitrogen and oxygen atoms in total. The average molecular weight is 453 g/mol. The molecule has 1 aliphatic rings. The first-order valence-electron chi connectivity index (χ1n) is 10.8. The summed E-state index contributed by atoms with van der Waals surface area (Å²) < 4.78 is 6.86. The minimum absolute atomic E-state index is 0.0677. The molecular formula is C25H30N3O3S+. The lowest BCUT2D eigenvalue weighted by atomic mass is 9.80. The second kappa shape index (κ2) is 8.64. The highest BCUT2D eigenvalue weighted by Gasteiger charge is 2.45. The number of rotatable bonds is 7. The normalized spacial score (nSPS) is 14.9. The van der Waals surface area contributed by atoms with E-state index in [2.05, 4.69) is 44.7 Å². The van der Waals surface area contributed by atoms with Crippen molar-refractivity contribution in [2.24, 2.45) is 5.41 Å². The molecule has 32 heavy (non-hydrogen) atoms. The lowest BCUT2D eigenvalue weighted by Crippen LogP contribution is -2.43. The Kier molecular flexibility index (Phi) is 6.05. The van der Waals surface area contributed by atoms with E-state index >= 15 is 0 Å². The topological polar surface area (TPSA) is 68.3 Å². The van der Waals surface area contributed by atoms with Gasteiger partial charge in [0.15, 0.2) is 0 Å². The van der Waals surface area contributed by atoms with Crippen molar-refractivity contribution in [2.75, 3.05) is 28.3 Å². The number of aromatic nitrogens is 1. The molecule has 0 bridgehead atoms. The van der Waals surface area contributed by atoms with Gasteiger partial charge in [0.2, 0.25) is 5.91 Å². The Morgan fingerprint density at radius 1 is 1.12 bits per heavy atom. The van der Waals surface area contributed by atoms with Gasteiger partial charge in [-0.05, 0) is 36.1 Å². The van der Waals surface area contributed by atoms with Crippen molar-refractivity contribution >= 4 is 33.4 Å². The van der Waals surface area contributed by atoms with Crippen molar-refractivity contribution in [1.82, 2.24) is 10.3 Å². The van der Waals surface area contributed by atoms with Gasteiger partial charge in [0.1, 0.15) is 11.6 Å². The van der Waals surface area contributed by atoms with Crippen LogP contribution in [0.1, 0.15) is 28.1 Å². The molecule has 0 saturated heterocycles. The lowest BCUT2D eigenvalue weighted by molar-refractivity contribution is -0.883. The highest BCUT2D eigenvalue weighted by Crippen LogP contribution is 2.40. The van der Waals surface area contributed by atoms with Crippen LogP contribution in [0.3, 0.4) is 0 Å².